The summed E-state index contributed by atoms with van der Waals surface area (Å²) >= 11 is 0. The van der Waals surface area contributed by atoms with E-state index < -0.39 is 5.82 Å². The monoisotopic (exact) mass is 289 g/mol. The average Bonchev–Trinajstić information content (AvgIpc) is 2.50. The van der Waals surface area contributed by atoms with Crippen LogP contribution in [0.1, 0.15) is 16.8 Å². The van der Waals surface area contributed by atoms with E-state index in [0.29, 0.717) is 18.5 Å². The number of nitrogens with zero attached hydrogens (tertiary/aromatic N) is 1. The minimum atomic E-state index is -0.421. The van der Waals surface area contributed by atoms with Crippen LogP contribution in [0.25, 0.3) is 0 Å². The molecular weight excluding hydrogens is 273 g/mol. The molecular formula is C15H16FN3O2. The lowest BCUT2D eigenvalue weighted by Gasteiger charge is -2.11. The normalized spacial score (nSPS) is 10.2. The van der Waals surface area contributed by atoms with Gasteiger partial charge in [0.25, 0.3) is 5.91 Å². The average molecular weight is 289 g/mol. The lowest BCUT2D eigenvalue weighted by molar-refractivity contribution is 0.0951. The Morgan fingerprint density at radius 2 is 2.05 bits per heavy atom. The molecule has 0 unspecified atom stereocenters. The fourth-order valence-corrected chi connectivity index (χ4v) is 1.75. The Balaban J connectivity index is 2.17. The third kappa shape index (κ3) is 4.00. The molecule has 0 saturated heterocycles. The Morgan fingerprint density at radius 3 is 2.81 bits per heavy atom. The molecule has 0 aliphatic heterocycles. The molecule has 2 rings (SSSR count). The third-order valence-electron chi connectivity index (χ3n) is 2.80. The number of nitrogens with one attached hydrogen (secondary N) is 2. The van der Waals surface area contributed by atoms with E-state index in [2.05, 4.69) is 15.6 Å². The quantitative estimate of drug-likeness (QED) is 0.712. The van der Waals surface area contributed by atoms with Crippen LogP contribution in [0.3, 0.4) is 0 Å². The Bertz CT molecular complexity index is 619. The first-order valence-corrected chi connectivity index (χ1v) is 6.58. The fourth-order valence-electron chi connectivity index (χ4n) is 1.75. The summed E-state index contributed by atoms with van der Waals surface area (Å²) < 4.78 is 13.6. The van der Waals surface area contributed by atoms with Gasteiger partial charge in [0, 0.05) is 19.3 Å². The molecule has 0 saturated carbocycles. The summed E-state index contributed by atoms with van der Waals surface area (Å²) in [7, 11) is 0. The molecule has 1 amide bonds. The highest BCUT2D eigenvalue weighted by atomic mass is 19.1. The molecule has 2 aromatic rings. The molecule has 1 aromatic heterocycles. The first-order valence-electron chi connectivity index (χ1n) is 6.58. The summed E-state index contributed by atoms with van der Waals surface area (Å²) in [4.78, 5) is 16.1. The van der Waals surface area contributed by atoms with Gasteiger partial charge in [-0.2, -0.15) is 0 Å². The topological polar surface area (TPSA) is 74.2 Å². The van der Waals surface area contributed by atoms with Crippen molar-refractivity contribution < 1.29 is 14.3 Å². The molecule has 0 atom stereocenters. The van der Waals surface area contributed by atoms with E-state index in [1.54, 1.807) is 30.3 Å². The van der Waals surface area contributed by atoms with Crippen LogP contribution in [0.15, 0.2) is 42.6 Å². The molecule has 0 spiro atoms. The smallest absolute Gasteiger partial charge is 0.255 e. The number of anilines is 2. The number of carbonyl (C=O) groups is 1. The molecule has 0 aliphatic rings. The molecule has 6 heteroatoms. The summed E-state index contributed by atoms with van der Waals surface area (Å²) in [6.45, 7) is 0.372. The van der Waals surface area contributed by atoms with Gasteiger partial charge < -0.3 is 15.7 Å². The van der Waals surface area contributed by atoms with E-state index in [-0.39, 0.29) is 24.0 Å². The minimum Gasteiger partial charge on any atom is -0.396 e. The number of aliphatic hydroxyl groups is 1. The number of hydrogen-bond acceptors (Lipinski definition) is 4. The molecule has 5 nitrogen and oxygen atoms in total. The number of amides is 1. The summed E-state index contributed by atoms with van der Waals surface area (Å²) in [5.74, 6) is -0.464. The van der Waals surface area contributed by atoms with Gasteiger partial charge in [-0.05, 0) is 30.7 Å². The summed E-state index contributed by atoms with van der Waals surface area (Å²) in [6.07, 6.45) is 2.00. The summed E-state index contributed by atoms with van der Waals surface area (Å²) in [5.41, 5.74) is 0.569. The van der Waals surface area contributed by atoms with Gasteiger partial charge >= 0.3 is 0 Å². The second kappa shape index (κ2) is 7.35. The number of aliphatic hydroxyl groups excluding tert-OH is 1. The Hall–Kier alpha value is -2.47. The van der Waals surface area contributed by atoms with E-state index in [1.807, 2.05) is 0 Å². The van der Waals surface area contributed by atoms with E-state index in [1.165, 1.54) is 12.3 Å². The predicted octanol–water partition coefficient (Wildman–Crippen LogP) is 2.08. The van der Waals surface area contributed by atoms with Crippen LogP contribution < -0.4 is 10.6 Å². The molecule has 0 radical (unpaired) electrons. The van der Waals surface area contributed by atoms with Crippen molar-refractivity contribution in [1.29, 1.82) is 0 Å². The Labute approximate surface area is 121 Å². The van der Waals surface area contributed by atoms with E-state index in [0.717, 1.165) is 0 Å². The number of aromatic nitrogens is 1. The van der Waals surface area contributed by atoms with Crippen molar-refractivity contribution in [3.05, 3.63) is 54.0 Å². The highest BCUT2D eigenvalue weighted by Crippen LogP contribution is 2.20. The number of benzene rings is 1. The maximum atomic E-state index is 13.6. The number of para-hydroxylation sites is 1. The van der Waals surface area contributed by atoms with Crippen LogP contribution in [0, 0.1) is 5.82 Å². The number of rotatable bonds is 6. The molecule has 0 bridgehead atoms. The van der Waals surface area contributed by atoms with Gasteiger partial charge in [-0.3, -0.25) is 4.79 Å². The minimum absolute atomic E-state index is 0.00759. The van der Waals surface area contributed by atoms with Gasteiger partial charge in [0.05, 0.1) is 11.3 Å². The van der Waals surface area contributed by atoms with Crippen molar-refractivity contribution in [3.63, 3.8) is 0 Å². The van der Waals surface area contributed by atoms with Gasteiger partial charge in [-0.15, -0.1) is 0 Å². The van der Waals surface area contributed by atoms with Gasteiger partial charge in [-0.1, -0.05) is 12.1 Å². The summed E-state index contributed by atoms with van der Waals surface area (Å²) in [5, 5.41) is 14.2. The van der Waals surface area contributed by atoms with E-state index >= 15 is 0 Å². The maximum Gasteiger partial charge on any atom is 0.255 e. The number of hydrogen-bond donors (Lipinski definition) is 3. The molecule has 0 aliphatic carbocycles. The van der Waals surface area contributed by atoms with Crippen molar-refractivity contribution >= 4 is 17.4 Å². The largest absolute Gasteiger partial charge is 0.396 e. The maximum absolute atomic E-state index is 13.6. The molecule has 110 valence electrons. The van der Waals surface area contributed by atoms with Gasteiger partial charge in [0.1, 0.15) is 11.6 Å². The van der Waals surface area contributed by atoms with E-state index in [9.17, 15) is 9.18 Å². The highest BCUT2D eigenvalue weighted by molar-refractivity contribution is 5.99. The van der Waals surface area contributed by atoms with Crippen LogP contribution >= 0.6 is 0 Å². The standard InChI is InChI=1S/C15H16FN3O2/c16-12-6-1-2-7-13(12)19-14-11(5-3-8-17-14)15(21)18-9-4-10-20/h1-3,5-8,20H,4,9-10H2,(H,17,19)(H,18,21). The second-order valence-electron chi connectivity index (χ2n) is 4.34. The lowest BCUT2D eigenvalue weighted by atomic mass is 10.2. The van der Waals surface area contributed by atoms with Crippen LogP contribution in [0.4, 0.5) is 15.9 Å². The zero-order chi connectivity index (χ0) is 15.1. The number of halogens is 1. The number of carbonyl (C=O) groups excluding carboxylic acids is 1. The van der Waals surface area contributed by atoms with Crippen molar-refractivity contribution in [2.45, 2.75) is 6.42 Å². The summed E-state index contributed by atoms with van der Waals surface area (Å²) in [6, 6.07) is 9.40. The van der Waals surface area contributed by atoms with Crippen LogP contribution in [0.2, 0.25) is 0 Å². The molecule has 3 N–H and O–H groups in total. The van der Waals surface area contributed by atoms with Crippen molar-refractivity contribution in [2.24, 2.45) is 0 Å². The zero-order valence-electron chi connectivity index (χ0n) is 11.3. The number of pyridine rings is 1. The molecule has 0 fully saturated rings. The first-order chi connectivity index (χ1) is 10.2. The van der Waals surface area contributed by atoms with Gasteiger partial charge in [0.15, 0.2) is 0 Å². The zero-order valence-corrected chi connectivity index (χ0v) is 11.3. The van der Waals surface area contributed by atoms with Gasteiger partial charge in [0.2, 0.25) is 0 Å². The second-order valence-corrected chi connectivity index (χ2v) is 4.34. The van der Waals surface area contributed by atoms with Crippen LogP contribution in [-0.2, 0) is 0 Å². The van der Waals surface area contributed by atoms with Crippen LogP contribution in [-0.4, -0.2) is 29.1 Å². The Kier molecular flexibility index (Phi) is 5.22. The molecule has 1 heterocycles. The van der Waals surface area contributed by atoms with Gasteiger partial charge in [-0.25, -0.2) is 9.37 Å². The first kappa shape index (κ1) is 14.9. The molecule has 21 heavy (non-hydrogen) atoms. The van der Waals surface area contributed by atoms with Crippen molar-refractivity contribution in [3.8, 4) is 0 Å². The predicted molar refractivity (Wildman–Crippen MR) is 78.0 cm³/mol. The highest BCUT2D eigenvalue weighted by Gasteiger charge is 2.13. The fraction of sp³-hybridized carbons (Fsp3) is 0.200. The Morgan fingerprint density at radius 1 is 1.24 bits per heavy atom. The SMILES string of the molecule is O=C(NCCCO)c1cccnc1Nc1ccccc1F. The lowest BCUT2D eigenvalue weighted by Crippen LogP contribution is -2.26. The third-order valence-corrected chi connectivity index (χ3v) is 2.80. The van der Waals surface area contributed by atoms with Crippen molar-refractivity contribution in [2.75, 3.05) is 18.5 Å². The van der Waals surface area contributed by atoms with E-state index in [4.69, 9.17) is 5.11 Å². The molecule has 1 aromatic carbocycles. The van der Waals surface area contributed by atoms with Crippen molar-refractivity contribution in [1.82, 2.24) is 10.3 Å². The van der Waals surface area contributed by atoms with Crippen LogP contribution in [0.5, 0.6) is 0 Å².